The molecule has 0 aliphatic heterocycles. The number of rotatable bonds is 4. The highest BCUT2D eigenvalue weighted by Crippen LogP contribution is 2.42. The normalized spacial score (nSPS) is 11.0. The second-order valence-corrected chi connectivity index (χ2v) is 6.58. The minimum Gasteiger partial charge on any atom is -0.497 e. The quantitative estimate of drug-likeness (QED) is 0.522. The molecule has 2 heterocycles. The first-order valence-electron chi connectivity index (χ1n) is 8.03. The number of ether oxygens (including phenoxy) is 1. The van der Waals surface area contributed by atoms with Crippen molar-refractivity contribution in [1.29, 1.82) is 0 Å². The third kappa shape index (κ3) is 2.78. The summed E-state index contributed by atoms with van der Waals surface area (Å²) in [7, 11) is 1.64. The van der Waals surface area contributed by atoms with Crippen molar-refractivity contribution in [1.82, 2.24) is 9.97 Å². The lowest BCUT2D eigenvalue weighted by molar-refractivity contribution is 0.415. The fourth-order valence-electron chi connectivity index (χ4n) is 2.93. The standard InChI is InChI=1S/C20H17N3O2S/c1-24-14-7-3-13(4-8-14)18-16(12-5-9-15(26-2)10-6-12)17-19(21)22-11-23-20(17)25-18/h3-11H,1-2H3,(H2,21,22,23). The molecule has 0 radical (unpaired) electrons. The lowest BCUT2D eigenvalue weighted by Crippen LogP contribution is -1.92. The molecule has 2 aromatic carbocycles. The first-order chi connectivity index (χ1) is 12.7. The molecule has 2 N–H and O–H groups in total. The predicted octanol–water partition coefficient (Wildman–Crippen LogP) is 4.87. The fraction of sp³-hybridized carbons (Fsp3) is 0.100. The van der Waals surface area contributed by atoms with Crippen molar-refractivity contribution in [2.24, 2.45) is 0 Å². The molecule has 0 aliphatic carbocycles. The molecule has 2 aromatic heterocycles. The number of hydrogen-bond donors (Lipinski definition) is 1. The number of hydrogen-bond acceptors (Lipinski definition) is 6. The SMILES string of the molecule is COc1ccc(-c2oc3ncnc(N)c3c2-c2ccc(SC)cc2)cc1. The van der Waals surface area contributed by atoms with Gasteiger partial charge < -0.3 is 14.9 Å². The van der Waals surface area contributed by atoms with E-state index in [0.717, 1.165) is 27.8 Å². The van der Waals surface area contributed by atoms with Gasteiger partial charge in [0.05, 0.1) is 12.5 Å². The van der Waals surface area contributed by atoms with Crippen LogP contribution >= 0.6 is 11.8 Å². The second kappa shape index (κ2) is 6.72. The minimum absolute atomic E-state index is 0.405. The largest absolute Gasteiger partial charge is 0.497 e. The van der Waals surface area contributed by atoms with E-state index in [1.54, 1.807) is 18.9 Å². The zero-order valence-electron chi connectivity index (χ0n) is 14.4. The number of fused-ring (bicyclic) bond motifs is 1. The van der Waals surface area contributed by atoms with E-state index in [-0.39, 0.29) is 0 Å². The smallest absolute Gasteiger partial charge is 0.232 e. The van der Waals surface area contributed by atoms with E-state index >= 15 is 0 Å². The van der Waals surface area contributed by atoms with Gasteiger partial charge in [-0.1, -0.05) is 12.1 Å². The average Bonchev–Trinajstić information content (AvgIpc) is 3.09. The molecule has 0 fully saturated rings. The summed E-state index contributed by atoms with van der Waals surface area (Å²) in [5.74, 6) is 1.91. The van der Waals surface area contributed by atoms with Gasteiger partial charge in [-0.3, -0.25) is 0 Å². The minimum atomic E-state index is 0.405. The number of methoxy groups -OCH3 is 1. The molecule has 5 nitrogen and oxygen atoms in total. The van der Waals surface area contributed by atoms with E-state index in [9.17, 15) is 0 Å². The molecule has 0 bridgehead atoms. The highest BCUT2D eigenvalue weighted by molar-refractivity contribution is 7.98. The Morgan fingerprint density at radius 1 is 0.962 bits per heavy atom. The van der Waals surface area contributed by atoms with Crippen molar-refractivity contribution >= 4 is 28.7 Å². The van der Waals surface area contributed by atoms with E-state index < -0.39 is 0 Å². The maximum atomic E-state index is 6.15. The zero-order valence-corrected chi connectivity index (χ0v) is 15.2. The maximum absolute atomic E-state index is 6.15. The van der Waals surface area contributed by atoms with Crippen LogP contribution in [0.4, 0.5) is 5.82 Å². The molecule has 4 rings (SSSR count). The Labute approximate surface area is 155 Å². The molecule has 0 saturated carbocycles. The molecular formula is C20H17N3O2S. The Bertz CT molecular complexity index is 1060. The van der Waals surface area contributed by atoms with E-state index in [4.69, 9.17) is 14.9 Å². The number of thioether (sulfide) groups is 1. The predicted molar refractivity (Wildman–Crippen MR) is 105 cm³/mol. The third-order valence-electron chi connectivity index (χ3n) is 4.25. The second-order valence-electron chi connectivity index (χ2n) is 5.70. The zero-order chi connectivity index (χ0) is 18.1. The summed E-state index contributed by atoms with van der Waals surface area (Å²) in [6.07, 6.45) is 3.47. The number of benzene rings is 2. The topological polar surface area (TPSA) is 74.2 Å². The summed E-state index contributed by atoms with van der Waals surface area (Å²) in [5.41, 5.74) is 9.46. The van der Waals surface area contributed by atoms with Crippen molar-refractivity contribution in [2.45, 2.75) is 4.90 Å². The highest BCUT2D eigenvalue weighted by Gasteiger charge is 2.21. The molecule has 4 aromatic rings. The molecular weight excluding hydrogens is 346 g/mol. The van der Waals surface area contributed by atoms with Crippen molar-refractivity contribution in [3.05, 3.63) is 54.9 Å². The lowest BCUT2D eigenvalue weighted by Gasteiger charge is -2.06. The van der Waals surface area contributed by atoms with Crippen LogP contribution in [0, 0.1) is 0 Å². The summed E-state index contributed by atoms with van der Waals surface area (Å²) in [4.78, 5) is 9.59. The molecule has 0 amide bonds. The highest BCUT2D eigenvalue weighted by atomic mass is 32.2. The van der Waals surface area contributed by atoms with Crippen molar-refractivity contribution < 1.29 is 9.15 Å². The number of aromatic nitrogens is 2. The van der Waals surface area contributed by atoms with Crippen LogP contribution < -0.4 is 10.5 Å². The van der Waals surface area contributed by atoms with Crippen molar-refractivity contribution in [2.75, 3.05) is 19.1 Å². The monoisotopic (exact) mass is 363 g/mol. The van der Waals surface area contributed by atoms with Crippen LogP contribution in [0.1, 0.15) is 0 Å². The van der Waals surface area contributed by atoms with E-state index in [0.29, 0.717) is 17.3 Å². The Morgan fingerprint density at radius 2 is 1.65 bits per heavy atom. The Hall–Kier alpha value is -2.99. The third-order valence-corrected chi connectivity index (χ3v) is 4.99. The van der Waals surface area contributed by atoms with Crippen molar-refractivity contribution in [3.63, 3.8) is 0 Å². The number of nitrogens with two attached hydrogens (primary N) is 1. The van der Waals surface area contributed by atoms with Gasteiger partial charge in [0.1, 0.15) is 23.7 Å². The maximum Gasteiger partial charge on any atom is 0.232 e. The molecule has 0 unspecified atom stereocenters. The summed E-state index contributed by atoms with van der Waals surface area (Å²) in [6.45, 7) is 0. The molecule has 130 valence electrons. The van der Waals surface area contributed by atoms with Gasteiger partial charge >= 0.3 is 0 Å². The first-order valence-corrected chi connectivity index (χ1v) is 9.25. The number of furan rings is 1. The van der Waals surface area contributed by atoms with Gasteiger partial charge in [0, 0.05) is 16.0 Å². The molecule has 0 aliphatic rings. The Morgan fingerprint density at radius 3 is 2.31 bits per heavy atom. The van der Waals surface area contributed by atoms with Gasteiger partial charge in [0.2, 0.25) is 5.71 Å². The van der Waals surface area contributed by atoms with E-state index in [2.05, 4.69) is 40.5 Å². The molecule has 0 saturated heterocycles. The van der Waals surface area contributed by atoms with Crippen LogP contribution in [0.2, 0.25) is 0 Å². The molecule has 26 heavy (non-hydrogen) atoms. The summed E-state index contributed by atoms with van der Waals surface area (Å²) >= 11 is 1.70. The van der Waals surface area contributed by atoms with Crippen LogP contribution in [0.15, 0.2) is 64.2 Å². The number of nitrogen functional groups attached to an aromatic ring is 1. The Kier molecular flexibility index (Phi) is 4.26. The average molecular weight is 363 g/mol. The summed E-state index contributed by atoms with van der Waals surface area (Å²) < 4.78 is 11.3. The van der Waals surface area contributed by atoms with Gasteiger partial charge in [-0.2, -0.15) is 0 Å². The number of nitrogens with zero attached hydrogens (tertiary/aromatic N) is 2. The molecule has 6 heteroatoms. The van der Waals surface area contributed by atoms with Gasteiger partial charge in [-0.05, 0) is 48.2 Å². The van der Waals surface area contributed by atoms with Crippen LogP contribution in [-0.4, -0.2) is 23.3 Å². The van der Waals surface area contributed by atoms with Gasteiger partial charge in [0.15, 0.2) is 0 Å². The molecule has 0 atom stereocenters. The fourth-order valence-corrected chi connectivity index (χ4v) is 3.34. The summed E-state index contributed by atoms with van der Waals surface area (Å²) in [5, 5.41) is 0.732. The van der Waals surface area contributed by atoms with Crippen LogP contribution in [0.25, 0.3) is 33.6 Å². The van der Waals surface area contributed by atoms with E-state index in [1.807, 2.05) is 24.3 Å². The van der Waals surface area contributed by atoms with Crippen LogP contribution in [-0.2, 0) is 0 Å². The van der Waals surface area contributed by atoms with Crippen LogP contribution in [0.5, 0.6) is 5.75 Å². The lowest BCUT2D eigenvalue weighted by atomic mass is 9.99. The van der Waals surface area contributed by atoms with Crippen LogP contribution in [0.3, 0.4) is 0 Å². The van der Waals surface area contributed by atoms with Gasteiger partial charge in [0.25, 0.3) is 0 Å². The van der Waals surface area contributed by atoms with Crippen molar-refractivity contribution in [3.8, 4) is 28.2 Å². The summed E-state index contributed by atoms with van der Waals surface area (Å²) in [6, 6.07) is 16.0. The van der Waals surface area contributed by atoms with Gasteiger partial charge in [-0.15, -0.1) is 11.8 Å². The van der Waals surface area contributed by atoms with E-state index in [1.165, 1.54) is 11.2 Å². The number of anilines is 1. The molecule has 0 spiro atoms. The first kappa shape index (κ1) is 16.5. The van der Waals surface area contributed by atoms with Gasteiger partial charge in [-0.25, -0.2) is 9.97 Å². The Balaban J connectivity index is 1.98.